The number of hydrogen-bond donors (Lipinski definition) is 0. The zero-order valence-electron chi connectivity index (χ0n) is 26.2. The van der Waals surface area contributed by atoms with Gasteiger partial charge in [0.2, 0.25) is 11.8 Å². The lowest BCUT2D eigenvalue weighted by Gasteiger charge is -2.69. The highest BCUT2D eigenvalue weighted by Crippen LogP contribution is 2.69. The smallest absolute Gasteiger partial charge is 0.328 e. The van der Waals surface area contributed by atoms with E-state index in [1.165, 1.54) is 16.7 Å². The van der Waals surface area contributed by atoms with Crippen molar-refractivity contribution < 1.29 is 18.8 Å². The van der Waals surface area contributed by atoms with Gasteiger partial charge in [0, 0.05) is 55.5 Å². The van der Waals surface area contributed by atoms with Gasteiger partial charge in [0.15, 0.2) is 0 Å². The summed E-state index contributed by atoms with van der Waals surface area (Å²) in [6.07, 6.45) is 7.22. The monoisotopic (exact) mass is 587 g/mol. The summed E-state index contributed by atoms with van der Waals surface area (Å²) in [5, 5.41) is 0. The fourth-order valence-electron chi connectivity index (χ4n) is 9.43. The van der Waals surface area contributed by atoms with E-state index < -0.39 is 5.54 Å². The first-order valence-corrected chi connectivity index (χ1v) is 16.1. The molecule has 2 aromatic rings. The van der Waals surface area contributed by atoms with Crippen molar-refractivity contribution in [3.8, 4) is 0 Å². The quantitative estimate of drug-likeness (QED) is 0.429. The van der Waals surface area contributed by atoms with Gasteiger partial charge in [-0.15, -0.1) is 0 Å². The molecule has 4 amide bonds. The van der Waals surface area contributed by atoms with Crippen molar-refractivity contribution >= 4 is 17.8 Å². The topological polar surface area (TPSA) is 90.2 Å². The largest absolute Gasteiger partial charge is 0.447 e. The number of carbonyl (C=O) groups is 3. The minimum absolute atomic E-state index is 0.0486. The molecule has 4 heterocycles. The van der Waals surface area contributed by atoms with Gasteiger partial charge in [-0.05, 0) is 56.4 Å². The number of oxazole rings is 1. The molecular weight excluding hydrogens is 542 g/mol. The van der Waals surface area contributed by atoms with Gasteiger partial charge in [-0.2, -0.15) is 0 Å². The highest BCUT2D eigenvalue weighted by Gasteiger charge is 2.77. The van der Waals surface area contributed by atoms with Gasteiger partial charge in [0.1, 0.15) is 18.3 Å². The van der Waals surface area contributed by atoms with Gasteiger partial charge >= 0.3 is 6.03 Å². The Hall–Kier alpha value is -3.20. The molecule has 1 aromatic carbocycles. The second kappa shape index (κ2) is 9.91. The lowest BCUT2D eigenvalue weighted by atomic mass is 9.53. The number of hydrogen-bond acceptors (Lipinski definition) is 6. The van der Waals surface area contributed by atoms with Crippen LogP contribution in [0.1, 0.15) is 84.1 Å². The first-order valence-electron chi connectivity index (χ1n) is 16.1. The van der Waals surface area contributed by atoms with Crippen LogP contribution in [0, 0.1) is 16.7 Å². The van der Waals surface area contributed by atoms with E-state index in [9.17, 15) is 14.4 Å². The van der Waals surface area contributed by atoms with E-state index in [0.29, 0.717) is 30.7 Å². The maximum Gasteiger partial charge on any atom is 0.328 e. The first-order chi connectivity index (χ1) is 20.4. The number of benzene rings is 1. The maximum absolute atomic E-state index is 14.2. The molecule has 2 spiro atoms. The van der Waals surface area contributed by atoms with E-state index in [2.05, 4.69) is 65.9 Å². The number of nitrogens with zero attached hydrogens (tertiary/aromatic N) is 5. The number of piperidine rings is 1. The van der Waals surface area contributed by atoms with Crippen LogP contribution in [0.3, 0.4) is 0 Å². The Balaban J connectivity index is 1.14. The number of rotatable bonds is 7. The summed E-state index contributed by atoms with van der Waals surface area (Å²) in [7, 11) is 0. The predicted molar refractivity (Wildman–Crippen MR) is 161 cm³/mol. The number of urea groups is 1. The number of imide groups is 1. The van der Waals surface area contributed by atoms with E-state index in [1.54, 1.807) is 6.20 Å². The maximum atomic E-state index is 14.2. The first kappa shape index (κ1) is 28.6. The molecule has 9 nitrogen and oxygen atoms in total. The summed E-state index contributed by atoms with van der Waals surface area (Å²) < 4.78 is 5.42. The summed E-state index contributed by atoms with van der Waals surface area (Å²) in [5.74, 6) is 1.13. The fourth-order valence-corrected chi connectivity index (χ4v) is 9.43. The fraction of sp³-hybridized carbons (Fsp3) is 0.647. The third-order valence-corrected chi connectivity index (χ3v) is 11.1. The summed E-state index contributed by atoms with van der Waals surface area (Å²) in [6.45, 7) is 12.9. The van der Waals surface area contributed by atoms with Gasteiger partial charge in [-0.25, -0.2) is 9.78 Å². The van der Waals surface area contributed by atoms with E-state index in [-0.39, 0.29) is 53.2 Å². The van der Waals surface area contributed by atoms with Crippen LogP contribution >= 0.6 is 0 Å². The Kier molecular flexibility index (Phi) is 6.58. The van der Waals surface area contributed by atoms with E-state index >= 15 is 0 Å². The summed E-state index contributed by atoms with van der Waals surface area (Å²) in [4.78, 5) is 53.5. The van der Waals surface area contributed by atoms with Gasteiger partial charge in [0.05, 0.1) is 6.20 Å². The molecule has 0 radical (unpaired) electrons. The zero-order chi connectivity index (χ0) is 30.3. The number of likely N-dealkylation sites (tertiary alicyclic amines) is 2. The highest BCUT2D eigenvalue weighted by molar-refractivity contribution is 6.07. The van der Waals surface area contributed by atoms with Crippen LogP contribution in [-0.2, 0) is 16.1 Å². The number of amides is 4. The Morgan fingerprint density at radius 2 is 1.88 bits per heavy atom. The standard InChI is InChI=1S/C34H45N5O4/c1-22(2)39-31(42)38(20-28-35-13-14-43-28)30(41)34(39)15-27-33(21-34)12-11-26(33)37(27)18-24-17-36(29(40)16-32(3,4)5)19-25(24)23-9-7-6-8-10-23/h6-10,13-14,22,24-27H,11-12,15-21H2,1-5H3/t24-,25-,26?,27?,33?,34?/m1/s1. The van der Waals surface area contributed by atoms with Crippen molar-refractivity contribution in [3.63, 3.8) is 0 Å². The minimum atomic E-state index is -0.820. The van der Waals surface area contributed by atoms with Crippen LogP contribution in [0.2, 0.25) is 0 Å². The van der Waals surface area contributed by atoms with Crippen molar-refractivity contribution in [1.82, 2.24) is 24.6 Å². The van der Waals surface area contributed by atoms with Crippen LogP contribution in [-0.4, -0.2) is 85.7 Å². The van der Waals surface area contributed by atoms with Crippen molar-refractivity contribution in [2.75, 3.05) is 19.6 Å². The Morgan fingerprint density at radius 3 is 2.51 bits per heavy atom. The van der Waals surface area contributed by atoms with Crippen LogP contribution in [0.5, 0.6) is 0 Å². The molecule has 3 aliphatic heterocycles. The Morgan fingerprint density at radius 1 is 1.12 bits per heavy atom. The molecule has 7 rings (SSSR count). The summed E-state index contributed by atoms with van der Waals surface area (Å²) in [6, 6.07) is 11.0. The van der Waals surface area contributed by atoms with Crippen LogP contribution < -0.4 is 0 Å². The Bertz CT molecular complexity index is 1400. The molecule has 6 atom stereocenters. The second-order valence-corrected chi connectivity index (χ2v) is 15.3. The molecule has 3 saturated heterocycles. The molecule has 2 aliphatic carbocycles. The zero-order valence-corrected chi connectivity index (χ0v) is 26.2. The van der Waals surface area contributed by atoms with Crippen molar-refractivity contribution in [3.05, 3.63) is 54.2 Å². The average molecular weight is 588 g/mol. The molecule has 0 bridgehead atoms. The highest BCUT2D eigenvalue weighted by atomic mass is 16.3. The second-order valence-electron chi connectivity index (χ2n) is 15.3. The molecule has 43 heavy (non-hydrogen) atoms. The van der Waals surface area contributed by atoms with Crippen LogP contribution in [0.15, 0.2) is 47.2 Å². The molecule has 0 N–H and O–H groups in total. The number of carbonyl (C=O) groups excluding carboxylic acids is 3. The van der Waals surface area contributed by atoms with E-state index in [4.69, 9.17) is 4.42 Å². The molecular formula is C34H45N5O4. The van der Waals surface area contributed by atoms with Crippen LogP contribution in [0.4, 0.5) is 4.79 Å². The summed E-state index contributed by atoms with van der Waals surface area (Å²) >= 11 is 0. The Labute approximate surface area is 254 Å². The number of aromatic nitrogens is 1. The van der Waals surface area contributed by atoms with Gasteiger partial charge in [0.25, 0.3) is 5.91 Å². The third-order valence-electron chi connectivity index (χ3n) is 11.1. The van der Waals surface area contributed by atoms with Gasteiger partial charge in [-0.3, -0.25) is 19.4 Å². The molecule has 2 saturated carbocycles. The van der Waals surface area contributed by atoms with Crippen molar-refractivity contribution in [2.45, 2.75) is 103 Å². The summed E-state index contributed by atoms with van der Waals surface area (Å²) in [5.41, 5.74) is 0.517. The lowest BCUT2D eigenvalue weighted by Crippen LogP contribution is -2.75. The molecule has 5 aliphatic rings. The minimum Gasteiger partial charge on any atom is -0.447 e. The normalized spacial score (nSPS) is 33.8. The average Bonchev–Trinajstić information content (AvgIpc) is 3.71. The predicted octanol–water partition coefficient (Wildman–Crippen LogP) is 4.89. The van der Waals surface area contributed by atoms with Gasteiger partial charge < -0.3 is 14.2 Å². The molecule has 4 unspecified atom stereocenters. The molecule has 1 aromatic heterocycles. The van der Waals surface area contributed by atoms with Crippen LogP contribution in [0.25, 0.3) is 0 Å². The molecule has 5 fully saturated rings. The molecule has 9 heteroatoms. The lowest BCUT2D eigenvalue weighted by molar-refractivity contribution is -0.193. The van der Waals surface area contributed by atoms with Crippen molar-refractivity contribution in [1.29, 1.82) is 0 Å². The van der Waals surface area contributed by atoms with E-state index in [1.807, 2.05) is 18.7 Å². The van der Waals surface area contributed by atoms with E-state index in [0.717, 1.165) is 38.9 Å². The third kappa shape index (κ3) is 4.36. The van der Waals surface area contributed by atoms with Crippen molar-refractivity contribution in [2.24, 2.45) is 16.7 Å². The SMILES string of the molecule is CC(C)N1C(=O)N(Cc2ncco2)C(=O)C12CC1N(C[C@H]3CN(C(=O)CC(C)(C)C)C[C@@H]3c3ccccc3)C3CCC31C2. The molecule has 230 valence electrons. The van der Waals surface area contributed by atoms with Gasteiger partial charge in [-0.1, -0.05) is 51.1 Å².